The Bertz CT molecular complexity index is 631. The molecule has 6 heteroatoms. The molecule has 0 unspecified atom stereocenters. The van der Waals surface area contributed by atoms with Crippen molar-refractivity contribution in [1.82, 2.24) is 15.2 Å². The quantitative estimate of drug-likeness (QED) is 0.649. The molecular weight excluding hydrogens is 278 g/mol. The third kappa shape index (κ3) is 3.22. The Morgan fingerprint density at radius 1 is 1.32 bits per heavy atom. The maximum atomic E-state index is 9.24. The summed E-state index contributed by atoms with van der Waals surface area (Å²) < 4.78 is 0. The van der Waals surface area contributed by atoms with Crippen molar-refractivity contribution < 1.29 is 5.11 Å². The van der Waals surface area contributed by atoms with Gasteiger partial charge in [0, 0.05) is 12.0 Å². The van der Waals surface area contributed by atoms with Gasteiger partial charge in [0.1, 0.15) is 11.6 Å². The molecular formula is C16H23N5O. The van der Waals surface area contributed by atoms with E-state index in [1.54, 1.807) is 0 Å². The zero-order valence-electron chi connectivity index (χ0n) is 12.8. The second kappa shape index (κ2) is 6.36. The molecule has 0 atom stereocenters. The third-order valence-corrected chi connectivity index (χ3v) is 4.39. The van der Waals surface area contributed by atoms with E-state index in [0.29, 0.717) is 12.0 Å². The summed E-state index contributed by atoms with van der Waals surface area (Å²) in [4.78, 5) is 4.45. The number of aryl methyl sites for hydroxylation is 1. The van der Waals surface area contributed by atoms with Crippen LogP contribution in [-0.4, -0.2) is 26.3 Å². The standard InChI is InChI=1S/C16H23N5O/c1-10-18-16(21-20-10)12-3-5-13(6-4-12)19-15-8-11(9-22)2-7-14(15)17/h2,7-8,12-13,19,22H,3-6,9,17H2,1H3,(H,18,20,21)/t12-,13+. The van der Waals surface area contributed by atoms with Gasteiger partial charge in [-0.3, -0.25) is 5.10 Å². The minimum Gasteiger partial charge on any atom is -0.397 e. The number of aromatic nitrogens is 3. The SMILES string of the molecule is Cc1n[nH]c([C@H]2CC[C@@H](Nc3cc(CO)ccc3N)CC2)n1. The Kier molecular flexibility index (Phi) is 4.29. The van der Waals surface area contributed by atoms with Gasteiger partial charge < -0.3 is 16.2 Å². The summed E-state index contributed by atoms with van der Waals surface area (Å²) in [5.41, 5.74) is 8.54. The largest absolute Gasteiger partial charge is 0.397 e. The Labute approximate surface area is 130 Å². The third-order valence-electron chi connectivity index (χ3n) is 4.39. The van der Waals surface area contributed by atoms with Crippen molar-refractivity contribution in [3.63, 3.8) is 0 Å². The Morgan fingerprint density at radius 2 is 2.09 bits per heavy atom. The van der Waals surface area contributed by atoms with Gasteiger partial charge in [0.25, 0.3) is 0 Å². The first-order valence-electron chi connectivity index (χ1n) is 7.80. The van der Waals surface area contributed by atoms with Crippen LogP contribution in [0.2, 0.25) is 0 Å². The molecule has 3 rings (SSSR count). The van der Waals surface area contributed by atoms with Gasteiger partial charge in [-0.15, -0.1) is 0 Å². The first-order chi connectivity index (χ1) is 10.7. The van der Waals surface area contributed by atoms with Crippen molar-refractivity contribution in [2.75, 3.05) is 11.1 Å². The number of rotatable bonds is 4. The molecule has 2 aromatic rings. The van der Waals surface area contributed by atoms with E-state index in [1.165, 1.54) is 0 Å². The van der Waals surface area contributed by atoms with Crippen LogP contribution in [-0.2, 0) is 6.61 Å². The number of nitrogens with one attached hydrogen (secondary N) is 2. The van der Waals surface area contributed by atoms with E-state index in [-0.39, 0.29) is 6.61 Å². The van der Waals surface area contributed by atoms with Gasteiger partial charge in [-0.25, -0.2) is 4.98 Å². The molecule has 1 saturated carbocycles. The van der Waals surface area contributed by atoms with E-state index < -0.39 is 0 Å². The van der Waals surface area contributed by atoms with Crippen molar-refractivity contribution in [2.45, 2.75) is 51.2 Å². The van der Waals surface area contributed by atoms with Crippen LogP contribution in [0.4, 0.5) is 11.4 Å². The van der Waals surface area contributed by atoms with E-state index in [4.69, 9.17) is 5.73 Å². The number of H-pyrrole nitrogens is 1. The van der Waals surface area contributed by atoms with Gasteiger partial charge in [0.15, 0.2) is 0 Å². The summed E-state index contributed by atoms with van der Waals surface area (Å²) >= 11 is 0. The van der Waals surface area contributed by atoms with Crippen LogP contribution < -0.4 is 11.1 Å². The number of anilines is 2. The highest BCUT2D eigenvalue weighted by molar-refractivity contribution is 5.67. The molecule has 0 aliphatic heterocycles. The summed E-state index contributed by atoms with van der Waals surface area (Å²) in [6, 6.07) is 6.04. The number of aromatic amines is 1. The Hall–Kier alpha value is -2.08. The molecule has 5 N–H and O–H groups in total. The molecule has 6 nitrogen and oxygen atoms in total. The number of aliphatic hydroxyl groups is 1. The number of nitrogen functional groups attached to an aromatic ring is 1. The highest BCUT2D eigenvalue weighted by atomic mass is 16.3. The molecule has 118 valence electrons. The lowest BCUT2D eigenvalue weighted by Crippen LogP contribution is -2.26. The van der Waals surface area contributed by atoms with E-state index in [1.807, 2.05) is 25.1 Å². The van der Waals surface area contributed by atoms with Gasteiger partial charge in [-0.1, -0.05) is 6.07 Å². The summed E-state index contributed by atoms with van der Waals surface area (Å²) in [5, 5.41) is 19.9. The lowest BCUT2D eigenvalue weighted by Gasteiger charge is -2.29. The summed E-state index contributed by atoms with van der Waals surface area (Å²) in [6.45, 7) is 1.94. The highest BCUT2D eigenvalue weighted by Crippen LogP contribution is 2.33. The fourth-order valence-electron chi connectivity index (χ4n) is 3.10. The van der Waals surface area contributed by atoms with Gasteiger partial charge in [0.05, 0.1) is 18.0 Å². The van der Waals surface area contributed by atoms with E-state index in [2.05, 4.69) is 20.5 Å². The van der Waals surface area contributed by atoms with Crippen LogP contribution in [0.25, 0.3) is 0 Å². The molecule has 0 bridgehead atoms. The molecule has 1 heterocycles. The number of hydrogen-bond donors (Lipinski definition) is 4. The monoisotopic (exact) mass is 301 g/mol. The van der Waals surface area contributed by atoms with E-state index in [9.17, 15) is 5.11 Å². The first kappa shape index (κ1) is 14.8. The molecule has 0 saturated heterocycles. The Balaban J connectivity index is 1.60. The predicted molar refractivity (Wildman–Crippen MR) is 86.5 cm³/mol. The Morgan fingerprint density at radius 3 is 2.73 bits per heavy atom. The second-order valence-electron chi connectivity index (χ2n) is 6.04. The topological polar surface area (TPSA) is 99.8 Å². The fraction of sp³-hybridized carbons (Fsp3) is 0.500. The van der Waals surface area contributed by atoms with E-state index in [0.717, 1.165) is 54.3 Å². The van der Waals surface area contributed by atoms with Crippen molar-refractivity contribution in [1.29, 1.82) is 0 Å². The van der Waals surface area contributed by atoms with E-state index >= 15 is 0 Å². The van der Waals surface area contributed by atoms with Gasteiger partial charge in [-0.2, -0.15) is 5.10 Å². The van der Waals surface area contributed by atoms with Crippen LogP contribution in [0.3, 0.4) is 0 Å². The lowest BCUT2D eigenvalue weighted by molar-refractivity contribution is 0.282. The maximum Gasteiger partial charge on any atom is 0.147 e. The average molecular weight is 301 g/mol. The van der Waals surface area contributed by atoms with Crippen LogP contribution in [0, 0.1) is 6.92 Å². The summed E-state index contributed by atoms with van der Waals surface area (Å²) in [7, 11) is 0. The number of nitrogens with zero attached hydrogens (tertiary/aromatic N) is 2. The molecule has 1 aromatic carbocycles. The van der Waals surface area contributed by atoms with Gasteiger partial charge in [-0.05, 0) is 50.3 Å². The maximum absolute atomic E-state index is 9.24. The van der Waals surface area contributed by atoms with Crippen molar-refractivity contribution >= 4 is 11.4 Å². The fourth-order valence-corrected chi connectivity index (χ4v) is 3.10. The molecule has 1 aromatic heterocycles. The van der Waals surface area contributed by atoms with Crippen LogP contribution in [0.1, 0.15) is 48.8 Å². The summed E-state index contributed by atoms with van der Waals surface area (Å²) in [6.07, 6.45) is 4.33. The zero-order chi connectivity index (χ0) is 15.5. The predicted octanol–water partition coefficient (Wildman–Crippen LogP) is 2.33. The normalized spacial score (nSPS) is 21.7. The molecule has 1 aliphatic carbocycles. The molecule has 0 amide bonds. The van der Waals surface area contributed by atoms with Crippen LogP contribution in [0.15, 0.2) is 18.2 Å². The van der Waals surface area contributed by atoms with Gasteiger partial charge >= 0.3 is 0 Å². The molecule has 1 fully saturated rings. The molecule has 22 heavy (non-hydrogen) atoms. The first-order valence-corrected chi connectivity index (χ1v) is 7.80. The number of benzene rings is 1. The highest BCUT2D eigenvalue weighted by Gasteiger charge is 2.24. The molecule has 1 aliphatic rings. The lowest BCUT2D eigenvalue weighted by atomic mass is 9.85. The van der Waals surface area contributed by atoms with Crippen LogP contribution in [0.5, 0.6) is 0 Å². The number of hydrogen-bond acceptors (Lipinski definition) is 5. The molecule has 0 radical (unpaired) electrons. The molecule has 0 spiro atoms. The minimum atomic E-state index is 0.0343. The van der Waals surface area contributed by atoms with Crippen molar-refractivity contribution in [3.05, 3.63) is 35.4 Å². The minimum absolute atomic E-state index is 0.0343. The second-order valence-corrected chi connectivity index (χ2v) is 6.04. The van der Waals surface area contributed by atoms with Crippen molar-refractivity contribution in [2.24, 2.45) is 0 Å². The zero-order valence-corrected chi connectivity index (χ0v) is 12.8. The average Bonchev–Trinajstić information content (AvgIpc) is 2.97. The van der Waals surface area contributed by atoms with Crippen molar-refractivity contribution in [3.8, 4) is 0 Å². The van der Waals surface area contributed by atoms with Crippen LogP contribution >= 0.6 is 0 Å². The summed E-state index contributed by atoms with van der Waals surface area (Å²) in [5.74, 6) is 2.29. The number of aliphatic hydroxyl groups excluding tert-OH is 1. The smallest absolute Gasteiger partial charge is 0.147 e. The van der Waals surface area contributed by atoms with Gasteiger partial charge in [0.2, 0.25) is 0 Å². The number of nitrogens with two attached hydrogens (primary N) is 1.